The molecule has 3 aliphatic rings. The van der Waals surface area contributed by atoms with Crippen LogP contribution >= 0.6 is 0 Å². The molecular weight excluding hydrogens is 424 g/mol. The van der Waals surface area contributed by atoms with Gasteiger partial charge in [-0.15, -0.1) is 0 Å². The van der Waals surface area contributed by atoms with E-state index in [2.05, 4.69) is 6.92 Å². The monoisotopic (exact) mass is 470 g/mol. The Hall–Kier alpha value is -1.55. The minimum Gasteiger partial charge on any atom is -0.504 e. The van der Waals surface area contributed by atoms with Gasteiger partial charge in [0.15, 0.2) is 11.5 Å². The Labute approximate surface area is 206 Å². The Balaban J connectivity index is 1.21. The fourth-order valence-corrected chi connectivity index (χ4v) is 7.05. The van der Waals surface area contributed by atoms with Crippen molar-refractivity contribution in [1.82, 2.24) is 0 Å². The van der Waals surface area contributed by atoms with Crippen molar-refractivity contribution in [2.75, 3.05) is 0 Å². The Morgan fingerprint density at radius 2 is 1.79 bits per heavy atom. The number of Topliss-reactive ketones (excluding diaryl/α,β-unsaturated/α-hetero) is 1. The number of carbonyl (C=O) groups excluding carboxylic acids is 1. The van der Waals surface area contributed by atoms with Crippen LogP contribution in [0.2, 0.25) is 0 Å². The summed E-state index contributed by atoms with van der Waals surface area (Å²) < 4.78 is 6.30. The van der Waals surface area contributed by atoms with E-state index in [1.54, 1.807) is 6.07 Å². The molecule has 0 bridgehead atoms. The van der Waals surface area contributed by atoms with Crippen molar-refractivity contribution < 1.29 is 19.7 Å². The van der Waals surface area contributed by atoms with Crippen LogP contribution in [0, 0.1) is 10.8 Å². The molecule has 3 aliphatic carbocycles. The van der Waals surface area contributed by atoms with Crippen LogP contribution in [0.5, 0.6) is 11.5 Å². The lowest BCUT2D eigenvalue weighted by Crippen LogP contribution is -2.32. The topological polar surface area (TPSA) is 66.8 Å². The molecule has 0 saturated heterocycles. The fourth-order valence-electron chi connectivity index (χ4n) is 7.05. The smallest absolute Gasteiger partial charge is 0.161 e. The molecule has 34 heavy (non-hydrogen) atoms. The molecule has 2 atom stereocenters. The third-order valence-electron chi connectivity index (χ3n) is 9.16. The van der Waals surface area contributed by atoms with Crippen molar-refractivity contribution in [3.05, 3.63) is 23.8 Å². The van der Waals surface area contributed by atoms with Crippen LogP contribution in [0.25, 0.3) is 0 Å². The first kappa shape index (κ1) is 25.5. The van der Waals surface area contributed by atoms with E-state index in [1.807, 2.05) is 12.1 Å². The number of hydrogen-bond acceptors (Lipinski definition) is 4. The first-order valence-electron chi connectivity index (χ1n) is 14.0. The van der Waals surface area contributed by atoms with E-state index in [9.17, 15) is 15.0 Å². The number of benzene rings is 1. The average molecular weight is 471 g/mol. The van der Waals surface area contributed by atoms with Gasteiger partial charge in [-0.05, 0) is 99.2 Å². The maximum atomic E-state index is 12.5. The summed E-state index contributed by atoms with van der Waals surface area (Å²) in [5.41, 5.74) is 1.94. The minimum absolute atomic E-state index is 0.116. The Kier molecular flexibility index (Phi) is 8.61. The third kappa shape index (κ3) is 6.99. The van der Waals surface area contributed by atoms with Gasteiger partial charge in [0, 0.05) is 12.8 Å². The van der Waals surface area contributed by atoms with E-state index in [-0.39, 0.29) is 24.1 Å². The van der Waals surface area contributed by atoms with Crippen LogP contribution in [0.15, 0.2) is 18.2 Å². The number of aromatic hydroxyl groups is 1. The van der Waals surface area contributed by atoms with Gasteiger partial charge >= 0.3 is 0 Å². The minimum atomic E-state index is -0.523. The van der Waals surface area contributed by atoms with E-state index in [4.69, 9.17) is 4.74 Å². The van der Waals surface area contributed by atoms with Gasteiger partial charge in [0.05, 0.1) is 12.2 Å². The first-order chi connectivity index (χ1) is 16.3. The maximum absolute atomic E-state index is 12.5. The Bertz CT molecular complexity index is 804. The molecule has 0 unspecified atom stereocenters. The summed E-state index contributed by atoms with van der Waals surface area (Å²) in [6, 6.07) is 5.49. The average Bonchev–Trinajstić information content (AvgIpc) is 3.43. The lowest BCUT2D eigenvalue weighted by molar-refractivity contribution is -0.121. The highest BCUT2D eigenvalue weighted by Crippen LogP contribution is 2.50. The normalized spacial score (nSPS) is 24.4. The van der Waals surface area contributed by atoms with Crippen molar-refractivity contribution in [1.29, 1.82) is 0 Å². The highest BCUT2D eigenvalue weighted by atomic mass is 16.5. The van der Waals surface area contributed by atoms with Crippen molar-refractivity contribution in [2.24, 2.45) is 10.8 Å². The molecule has 3 saturated carbocycles. The van der Waals surface area contributed by atoms with Gasteiger partial charge in [-0.1, -0.05) is 45.1 Å². The Morgan fingerprint density at radius 1 is 1.09 bits per heavy atom. The second kappa shape index (κ2) is 11.5. The molecule has 1 aromatic carbocycles. The molecule has 0 heterocycles. The standard InChI is InChI=1S/C30H46O4/c1-29(14-2-3-15-29)16-6-8-24(31)21-25(32)12-10-23-11-13-27(33)28(20-23)34-26-9-7-19-30(22-26)17-4-5-18-30/h11,13,20,24,26,31,33H,2-10,12,14-19,21-22H2,1H3/t24-,26-/m1/s1. The number of ketones is 1. The second-order valence-electron chi connectivity index (χ2n) is 12.2. The van der Waals surface area contributed by atoms with Gasteiger partial charge in [0.2, 0.25) is 0 Å². The quantitative estimate of drug-likeness (QED) is 0.357. The van der Waals surface area contributed by atoms with Gasteiger partial charge in [0.25, 0.3) is 0 Å². The van der Waals surface area contributed by atoms with E-state index in [0.29, 0.717) is 29.4 Å². The number of aliphatic hydroxyl groups is 1. The molecular formula is C30H46O4. The molecule has 2 N–H and O–H groups in total. The summed E-state index contributed by atoms with van der Waals surface area (Å²) in [6.07, 6.45) is 19.2. The predicted octanol–water partition coefficient (Wildman–Crippen LogP) is 7.28. The molecule has 0 aromatic heterocycles. The highest BCUT2D eigenvalue weighted by molar-refractivity contribution is 5.79. The molecule has 190 valence electrons. The molecule has 0 radical (unpaired) electrons. The highest BCUT2D eigenvalue weighted by Gasteiger charge is 2.39. The molecule has 1 spiro atoms. The van der Waals surface area contributed by atoms with Gasteiger partial charge in [-0.25, -0.2) is 0 Å². The van der Waals surface area contributed by atoms with Crippen molar-refractivity contribution in [3.8, 4) is 11.5 Å². The number of ether oxygens (including phenoxy) is 1. The second-order valence-corrected chi connectivity index (χ2v) is 12.2. The largest absolute Gasteiger partial charge is 0.504 e. The lowest BCUT2D eigenvalue weighted by Gasteiger charge is -2.38. The van der Waals surface area contributed by atoms with Crippen LogP contribution in [0.3, 0.4) is 0 Å². The number of phenols is 1. The summed E-state index contributed by atoms with van der Waals surface area (Å²) in [5, 5.41) is 20.7. The van der Waals surface area contributed by atoms with Gasteiger partial charge in [-0.2, -0.15) is 0 Å². The van der Waals surface area contributed by atoms with Crippen LogP contribution in [-0.2, 0) is 11.2 Å². The number of carbonyl (C=O) groups is 1. The molecule has 0 amide bonds. The van der Waals surface area contributed by atoms with Gasteiger partial charge < -0.3 is 14.9 Å². The lowest BCUT2D eigenvalue weighted by atomic mass is 9.72. The van der Waals surface area contributed by atoms with E-state index in [0.717, 1.165) is 37.7 Å². The number of aliphatic hydroxyl groups excluding tert-OH is 1. The first-order valence-corrected chi connectivity index (χ1v) is 14.0. The van der Waals surface area contributed by atoms with Crippen LogP contribution in [0.4, 0.5) is 0 Å². The molecule has 0 aliphatic heterocycles. The number of aryl methyl sites for hydroxylation is 1. The number of phenolic OH excluding ortho intramolecular Hbond substituents is 1. The third-order valence-corrected chi connectivity index (χ3v) is 9.16. The zero-order chi connectivity index (χ0) is 24.0. The zero-order valence-electron chi connectivity index (χ0n) is 21.3. The van der Waals surface area contributed by atoms with Crippen molar-refractivity contribution in [3.63, 3.8) is 0 Å². The maximum Gasteiger partial charge on any atom is 0.161 e. The van der Waals surface area contributed by atoms with Gasteiger partial charge in [-0.3, -0.25) is 4.79 Å². The molecule has 3 fully saturated rings. The molecule has 4 heteroatoms. The van der Waals surface area contributed by atoms with E-state index >= 15 is 0 Å². The summed E-state index contributed by atoms with van der Waals surface area (Å²) in [7, 11) is 0. The molecule has 4 rings (SSSR count). The SMILES string of the molecule is CC1(CCC[C@@H](O)CC(=O)CCc2ccc(O)c(O[C@@H]3CCCC4(CCCC4)C3)c2)CCCC1. The van der Waals surface area contributed by atoms with Crippen molar-refractivity contribution >= 4 is 5.78 Å². The summed E-state index contributed by atoms with van der Waals surface area (Å²) in [6.45, 7) is 2.37. The van der Waals surface area contributed by atoms with Crippen LogP contribution in [0.1, 0.15) is 122 Å². The summed E-state index contributed by atoms with van der Waals surface area (Å²) in [5.74, 6) is 0.864. The molecule has 4 nitrogen and oxygen atoms in total. The summed E-state index contributed by atoms with van der Waals surface area (Å²) in [4.78, 5) is 12.5. The van der Waals surface area contributed by atoms with E-state index < -0.39 is 6.10 Å². The molecule has 1 aromatic rings. The Morgan fingerprint density at radius 3 is 2.56 bits per heavy atom. The van der Waals surface area contributed by atoms with E-state index in [1.165, 1.54) is 64.2 Å². The summed E-state index contributed by atoms with van der Waals surface area (Å²) >= 11 is 0. The number of hydrogen-bond donors (Lipinski definition) is 2. The van der Waals surface area contributed by atoms with Crippen LogP contribution < -0.4 is 4.74 Å². The van der Waals surface area contributed by atoms with Crippen molar-refractivity contribution in [2.45, 2.75) is 135 Å². The predicted molar refractivity (Wildman–Crippen MR) is 136 cm³/mol. The van der Waals surface area contributed by atoms with Crippen LogP contribution in [-0.4, -0.2) is 28.2 Å². The van der Waals surface area contributed by atoms with Gasteiger partial charge in [0.1, 0.15) is 5.78 Å². The number of rotatable bonds is 11. The zero-order valence-corrected chi connectivity index (χ0v) is 21.3. The fraction of sp³-hybridized carbons (Fsp3) is 0.767.